The van der Waals surface area contributed by atoms with Crippen molar-refractivity contribution in [2.75, 3.05) is 19.0 Å². The van der Waals surface area contributed by atoms with Gasteiger partial charge in [-0.15, -0.1) is 0 Å². The lowest BCUT2D eigenvalue weighted by atomic mass is 10.1. The van der Waals surface area contributed by atoms with E-state index >= 15 is 0 Å². The topological polar surface area (TPSA) is 57.6 Å². The van der Waals surface area contributed by atoms with Crippen LogP contribution < -0.4 is 4.90 Å². The molecule has 0 aromatic heterocycles. The summed E-state index contributed by atoms with van der Waals surface area (Å²) in [6.45, 7) is 0. The van der Waals surface area contributed by atoms with Crippen molar-refractivity contribution in [1.82, 2.24) is 0 Å². The Morgan fingerprint density at radius 2 is 1.82 bits per heavy atom. The molecule has 0 bridgehead atoms. The van der Waals surface area contributed by atoms with Gasteiger partial charge < -0.3 is 4.90 Å². The van der Waals surface area contributed by atoms with Gasteiger partial charge >= 0.3 is 0 Å². The molecule has 1 N–H and O–H groups in total. The Bertz CT molecular complexity index is 663. The molecule has 17 heavy (non-hydrogen) atoms. The van der Waals surface area contributed by atoms with Gasteiger partial charge in [-0.1, -0.05) is 18.2 Å². The average molecular weight is 251 g/mol. The highest BCUT2D eigenvalue weighted by Gasteiger charge is 2.11. The van der Waals surface area contributed by atoms with Gasteiger partial charge in [0.1, 0.15) is 0 Å². The fourth-order valence-corrected chi connectivity index (χ4v) is 2.31. The van der Waals surface area contributed by atoms with Gasteiger partial charge in [0.05, 0.1) is 4.90 Å². The molecule has 2 aromatic rings. The van der Waals surface area contributed by atoms with E-state index in [9.17, 15) is 8.42 Å². The predicted octanol–water partition coefficient (Wildman–Crippen LogP) is 2.15. The van der Waals surface area contributed by atoms with Crippen LogP contribution in [0.5, 0.6) is 0 Å². The van der Waals surface area contributed by atoms with E-state index in [1.165, 1.54) is 12.1 Å². The smallest absolute Gasteiger partial charge is 0.294 e. The second-order valence-electron chi connectivity index (χ2n) is 4.03. The lowest BCUT2D eigenvalue weighted by molar-refractivity contribution is 0.483. The first-order valence-corrected chi connectivity index (χ1v) is 6.51. The van der Waals surface area contributed by atoms with E-state index in [4.69, 9.17) is 4.55 Å². The Labute approximate surface area is 100 Å². The van der Waals surface area contributed by atoms with Gasteiger partial charge in [0, 0.05) is 25.2 Å². The average Bonchev–Trinajstić information content (AvgIpc) is 2.26. The maximum absolute atomic E-state index is 11.0. The summed E-state index contributed by atoms with van der Waals surface area (Å²) in [5.74, 6) is 0. The SMILES string of the molecule is CN(C)c1cccc2cc(S(=O)(=O)O)ccc12. The molecule has 5 heteroatoms. The molecule has 0 aliphatic carbocycles. The normalized spacial score (nSPS) is 11.7. The van der Waals surface area contributed by atoms with Crippen molar-refractivity contribution in [3.8, 4) is 0 Å². The molecule has 0 aliphatic heterocycles. The van der Waals surface area contributed by atoms with Crippen molar-refractivity contribution in [1.29, 1.82) is 0 Å². The summed E-state index contributed by atoms with van der Waals surface area (Å²) in [5, 5.41) is 1.73. The highest BCUT2D eigenvalue weighted by molar-refractivity contribution is 7.85. The highest BCUT2D eigenvalue weighted by Crippen LogP contribution is 2.27. The first-order chi connectivity index (χ1) is 7.89. The first-order valence-electron chi connectivity index (χ1n) is 5.07. The van der Waals surface area contributed by atoms with Crippen molar-refractivity contribution in [2.45, 2.75) is 4.90 Å². The van der Waals surface area contributed by atoms with Gasteiger partial charge in [-0.25, -0.2) is 0 Å². The molecule has 0 saturated carbocycles. The molecule has 0 spiro atoms. The van der Waals surface area contributed by atoms with Crippen LogP contribution in [-0.2, 0) is 10.1 Å². The minimum absolute atomic E-state index is 0.0825. The van der Waals surface area contributed by atoms with Crippen LogP contribution in [0.2, 0.25) is 0 Å². The molecular formula is C12H13NO3S. The van der Waals surface area contributed by atoms with Crippen molar-refractivity contribution >= 4 is 26.6 Å². The van der Waals surface area contributed by atoms with Gasteiger partial charge in [-0.2, -0.15) is 8.42 Å². The van der Waals surface area contributed by atoms with E-state index in [0.29, 0.717) is 0 Å². The van der Waals surface area contributed by atoms with Crippen LogP contribution in [-0.4, -0.2) is 27.1 Å². The zero-order chi connectivity index (χ0) is 12.6. The van der Waals surface area contributed by atoms with E-state index in [0.717, 1.165) is 16.5 Å². The third kappa shape index (κ3) is 2.25. The standard InChI is InChI=1S/C12H13NO3S/c1-13(2)12-5-3-4-9-8-10(17(14,15)16)6-7-11(9)12/h3-8H,1-2H3,(H,14,15,16). The van der Waals surface area contributed by atoms with Gasteiger partial charge in [0.25, 0.3) is 10.1 Å². The van der Waals surface area contributed by atoms with E-state index < -0.39 is 10.1 Å². The molecule has 2 aromatic carbocycles. The molecule has 0 aliphatic rings. The molecule has 90 valence electrons. The Balaban J connectivity index is 2.74. The molecule has 4 nitrogen and oxygen atoms in total. The Morgan fingerprint density at radius 1 is 1.12 bits per heavy atom. The fraction of sp³-hybridized carbons (Fsp3) is 0.167. The Morgan fingerprint density at radius 3 is 2.41 bits per heavy atom. The molecule has 0 unspecified atom stereocenters. The van der Waals surface area contributed by atoms with E-state index in [1.807, 2.05) is 37.2 Å². The van der Waals surface area contributed by atoms with Crippen molar-refractivity contribution < 1.29 is 13.0 Å². The van der Waals surface area contributed by atoms with Crippen molar-refractivity contribution in [2.24, 2.45) is 0 Å². The van der Waals surface area contributed by atoms with Crippen LogP contribution in [0.15, 0.2) is 41.3 Å². The number of fused-ring (bicyclic) bond motifs is 1. The molecule has 0 fully saturated rings. The van der Waals surface area contributed by atoms with Crippen molar-refractivity contribution in [3.05, 3.63) is 36.4 Å². The second kappa shape index (κ2) is 4.01. The Kier molecular flexibility index (Phi) is 2.81. The first kappa shape index (κ1) is 11.9. The van der Waals surface area contributed by atoms with Crippen LogP contribution in [0.1, 0.15) is 0 Å². The third-order valence-corrected chi connectivity index (χ3v) is 3.46. The summed E-state index contributed by atoms with van der Waals surface area (Å²) >= 11 is 0. The van der Waals surface area contributed by atoms with E-state index in [1.54, 1.807) is 6.07 Å². The molecule has 0 atom stereocenters. The van der Waals surface area contributed by atoms with Crippen LogP contribution in [0.4, 0.5) is 5.69 Å². The maximum atomic E-state index is 11.0. The maximum Gasteiger partial charge on any atom is 0.294 e. The number of nitrogens with zero attached hydrogens (tertiary/aromatic N) is 1. The van der Waals surface area contributed by atoms with Crippen LogP contribution in [0, 0.1) is 0 Å². The second-order valence-corrected chi connectivity index (χ2v) is 5.45. The lowest BCUT2D eigenvalue weighted by Gasteiger charge is -2.15. The zero-order valence-electron chi connectivity index (χ0n) is 9.58. The number of hydrogen-bond acceptors (Lipinski definition) is 3. The molecule has 0 amide bonds. The van der Waals surface area contributed by atoms with E-state index in [2.05, 4.69) is 0 Å². The van der Waals surface area contributed by atoms with Crippen LogP contribution in [0.3, 0.4) is 0 Å². The largest absolute Gasteiger partial charge is 0.377 e. The molecule has 0 heterocycles. The molecule has 2 rings (SSSR count). The number of hydrogen-bond donors (Lipinski definition) is 1. The van der Waals surface area contributed by atoms with Crippen molar-refractivity contribution in [3.63, 3.8) is 0 Å². The van der Waals surface area contributed by atoms with E-state index in [-0.39, 0.29) is 4.90 Å². The monoisotopic (exact) mass is 251 g/mol. The molecule has 0 radical (unpaired) electrons. The summed E-state index contributed by atoms with van der Waals surface area (Å²) < 4.78 is 31.1. The highest BCUT2D eigenvalue weighted by atomic mass is 32.2. The number of benzene rings is 2. The number of rotatable bonds is 2. The number of anilines is 1. The molecule has 0 saturated heterocycles. The quantitative estimate of drug-likeness (QED) is 0.831. The fourth-order valence-electron chi connectivity index (χ4n) is 1.80. The molecular weight excluding hydrogens is 238 g/mol. The summed E-state index contributed by atoms with van der Waals surface area (Å²) in [7, 11) is -0.297. The van der Waals surface area contributed by atoms with Gasteiger partial charge in [0.15, 0.2) is 0 Å². The summed E-state index contributed by atoms with van der Waals surface area (Å²) in [6, 6.07) is 10.2. The minimum atomic E-state index is -4.14. The minimum Gasteiger partial charge on any atom is -0.377 e. The van der Waals surface area contributed by atoms with Gasteiger partial charge in [-0.05, 0) is 23.6 Å². The summed E-state index contributed by atoms with van der Waals surface area (Å²) in [6.07, 6.45) is 0. The van der Waals surface area contributed by atoms with Crippen LogP contribution >= 0.6 is 0 Å². The van der Waals surface area contributed by atoms with Crippen LogP contribution in [0.25, 0.3) is 10.8 Å². The summed E-state index contributed by atoms with van der Waals surface area (Å²) in [4.78, 5) is 1.87. The van der Waals surface area contributed by atoms with Gasteiger partial charge in [-0.3, -0.25) is 4.55 Å². The zero-order valence-corrected chi connectivity index (χ0v) is 10.4. The van der Waals surface area contributed by atoms with Gasteiger partial charge in [0.2, 0.25) is 0 Å². The summed E-state index contributed by atoms with van der Waals surface area (Å²) in [5.41, 5.74) is 1.00. The predicted molar refractivity (Wildman–Crippen MR) is 68.1 cm³/mol. The third-order valence-electron chi connectivity index (χ3n) is 2.61. The lowest BCUT2D eigenvalue weighted by Crippen LogP contribution is -2.09. The Hall–Kier alpha value is -1.59.